The van der Waals surface area contributed by atoms with Crippen molar-refractivity contribution in [3.05, 3.63) is 29.6 Å². The van der Waals surface area contributed by atoms with Gasteiger partial charge in [-0.25, -0.2) is 0 Å². The highest BCUT2D eigenvalue weighted by Gasteiger charge is 2.39. The molecule has 1 aliphatic carbocycles. The highest BCUT2D eigenvalue weighted by molar-refractivity contribution is 7.17. The lowest BCUT2D eigenvalue weighted by Crippen LogP contribution is -2.42. The van der Waals surface area contributed by atoms with Crippen LogP contribution in [0, 0.1) is 0 Å². The molecule has 2 aromatic rings. The maximum atomic E-state index is 6.11. The Bertz CT molecular complexity index is 600. The molecule has 1 N–H and O–H groups in total. The van der Waals surface area contributed by atoms with Gasteiger partial charge in [0.1, 0.15) is 0 Å². The van der Waals surface area contributed by atoms with Gasteiger partial charge in [-0.3, -0.25) is 0 Å². The number of benzene rings is 1. The molecule has 1 aromatic heterocycles. The van der Waals surface area contributed by atoms with Crippen LogP contribution < -0.4 is 5.32 Å². The number of fused-ring (bicyclic) bond motifs is 1. The summed E-state index contributed by atoms with van der Waals surface area (Å²) in [5, 5.41) is 7.25. The molecule has 1 atom stereocenters. The molecule has 1 saturated carbocycles. The second-order valence-electron chi connectivity index (χ2n) is 6.25. The van der Waals surface area contributed by atoms with Crippen LogP contribution >= 0.6 is 11.3 Å². The lowest BCUT2D eigenvalue weighted by molar-refractivity contribution is -0.0767. The van der Waals surface area contributed by atoms with E-state index in [1.165, 1.54) is 47.9 Å². The Morgan fingerprint density at radius 3 is 3.00 bits per heavy atom. The first-order valence-corrected chi connectivity index (χ1v) is 8.59. The molecular formula is C17H21NOS. The van der Waals surface area contributed by atoms with Crippen LogP contribution in [-0.2, 0) is 4.74 Å². The Hall–Kier alpha value is -1.06. The molecule has 1 aromatic carbocycles. The molecule has 2 nitrogen and oxygen atoms in total. The first-order chi connectivity index (χ1) is 9.83. The Kier molecular flexibility index (Phi) is 3.20. The van der Waals surface area contributed by atoms with Gasteiger partial charge in [0.15, 0.2) is 0 Å². The van der Waals surface area contributed by atoms with Crippen LogP contribution in [-0.4, -0.2) is 18.2 Å². The quantitative estimate of drug-likeness (QED) is 0.856. The number of nitrogens with one attached hydrogen (secondary N) is 1. The summed E-state index contributed by atoms with van der Waals surface area (Å²) in [4.78, 5) is 0. The highest BCUT2D eigenvalue weighted by atomic mass is 32.1. The van der Waals surface area contributed by atoms with Crippen molar-refractivity contribution in [1.82, 2.24) is 0 Å². The van der Waals surface area contributed by atoms with E-state index in [4.69, 9.17) is 4.74 Å². The van der Waals surface area contributed by atoms with Crippen LogP contribution in [0.3, 0.4) is 0 Å². The number of ether oxygens (including phenoxy) is 1. The lowest BCUT2D eigenvalue weighted by atomic mass is 9.89. The summed E-state index contributed by atoms with van der Waals surface area (Å²) in [6.07, 6.45) is 7.50. The van der Waals surface area contributed by atoms with Gasteiger partial charge in [0, 0.05) is 23.0 Å². The molecule has 2 aliphatic rings. The van der Waals surface area contributed by atoms with E-state index in [-0.39, 0.29) is 5.60 Å². The van der Waals surface area contributed by atoms with Crippen LogP contribution in [0.1, 0.15) is 38.5 Å². The van der Waals surface area contributed by atoms with Crippen molar-refractivity contribution < 1.29 is 4.74 Å². The molecule has 3 heteroatoms. The lowest BCUT2D eigenvalue weighted by Gasteiger charge is -2.39. The third-order valence-electron chi connectivity index (χ3n) is 4.83. The minimum Gasteiger partial charge on any atom is -0.382 e. The van der Waals surface area contributed by atoms with Gasteiger partial charge < -0.3 is 10.1 Å². The summed E-state index contributed by atoms with van der Waals surface area (Å²) in [6, 6.07) is 9.50. The second kappa shape index (κ2) is 5.05. The molecule has 0 amide bonds. The zero-order chi connectivity index (χ0) is 13.4. The first-order valence-electron chi connectivity index (χ1n) is 7.71. The van der Waals surface area contributed by atoms with Crippen molar-refractivity contribution in [1.29, 1.82) is 0 Å². The molecule has 2 fully saturated rings. The summed E-state index contributed by atoms with van der Waals surface area (Å²) < 4.78 is 7.48. The average molecular weight is 287 g/mol. The zero-order valence-electron chi connectivity index (χ0n) is 11.7. The number of hydrogen-bond acceptors (Lipinski definition) is 3. The van der Waals surface area contributed by atoms with E-state index in [0.717, 1.165) is 13.0 Å². The summed E-state index contributed by atoms with van der Waals surface area (Å²) in [5.41, 5.74) is 1.46. The molecule has 4 rings (SSSR count). The number of thiophene rings is 1. The average Bonchev–Trinajstić information content (AvgIpc) is 3.08. The maximum Gasteiger partial charge on any atom is 0.0702 e. The van der Waals surface area contributed by atoms with E-state index >= 15 is 0 Å². The number of hydrogen-bond donors (Lipinski definition) is 1. The Morgan fingerprint density at radius 1 is 1.20 bits per heavy atom. The standard InChI is InChI=1S/C17H21NOS/c1-2-8-17(7-1)12-15(5-9-19-17)18-14-3-4-16-13(11-14)6-10-20-16/h3-4,6,10-11,15,18H,1-2,5,7-9,12H2. The molecule has 1 saturated heterocycles. The third-order valence-corrected chi connectivity index (χ3v) is 5.73. The molecule has 106 valence electrons. The molecule has 1 spiro atoms. The van der Waals surface area contributed by atoms with E-state index in [0.29, 0.717) is 6.04 Å². The van der Waals surface area contributed by atoms with Crippen molar-refractivity contribution >= 4 is 27.1 Å². The van der Waals surface area contributed by atoms with Gasteiger partial charge in [-0.2, -0.15) is 0 Å². The molecule has 2 heterocycles. The minimum absolute atomic E-state index is 0.197. The van der Waals surface area contributed by atoms with Gasteiger partial charge in [-0.05, 0) is 60.7 Å². The van der Waals surface area contributed by atoms with Gasteiger partial charge in [0.2, 0.25) is 0 Å². The van der Waals surface area contributed by atoms with E-state index < -0.39 is 0 Å². The Labute approximate surface area is 124 Å². The second-order valence-corrected chi connectivity index (χ2v) is 7.19. The third kappa shape index (κ3) is 2.33. The van der Waals surface area contributed by atoms with Crippen molar-refractivity contribution in [3.63, 3.8) is 0 Å². The minimum atomic E-state index is 0.197. The topological polar surface area (TPSA) is 21.3 Å². The predicted molar refractivity (Wildman–Crippen MR) is 85.6 cm³/mol. The predicted octanol–water partition coefficient (Wildman–Crippen LogP) is 4.81. The normalized spacial score (nSPS) is 25.3. The highest BCUT2D eigenvalue weighted by Crippen LogP contribution is 2.40. The summed E-state index contributed by atoms with van der Waals surface area (Å²) in [7, 11) is 0. The monoisotopic (exact) mass is 287 g/mol. The summed E-state index contributed by atoms with van der Waals surface area (Å²) in [5.74, 6) is 0. The van der Waals surface area contributed by atoms with Crippen LogP contribution in [0.5, 0.6) is 0 Å². The Balaban J connectivity index is 1.50. The smallest absolute Gasteiger partial charge is 0.0702 e. The first kappa shape index (κ1) is 12.7. The molecule has 1 aliphatic heterocycles. The van der Waals surface area contributed by atoms with Gasteiger partial charge in [0.25, 0.3) is 0 Å². The van der Waals surface area contributed by atoms with Crippen LogP contribution in [0.25, 0.3) is 10.1 Å². The fraction of sp³-hybridized carbons (Fsp3) is 0.529. The molecule has 20 heavy (non-hydrogen) atoms. The van der Waals surface area contributed by atoms with E-state index in [1.807, 2.05) is 11.3 Å². The van der Waals surface area contributed by atoms with Crippen LogP contribution in [0.2, 0.25) is 0 Å². The van der Waals surface area contributed by atoms with Crippen LogP contribution in [0.15, 0.2) is 29.6 Å². The van der Waals surface area contributed by atoms with Gasteiger partial charge in [0.05, 0.1) is 5.60 Å². The molecule has 1 unspecified atom stereocenters. The van der Waals surface area contributed by atoms with Crippen LogP contribution in [0.4, 0.5) is 5.69 Å². The Morgan fingerprint density at radius 2 is 2.10 bits per heavy atom. The summed E-state index contributed by atoms with van der Waals surface area (Å²) in [6.45, 7) is 0.915. The number of anilines is 1. The SMILES string of the molecule is c1cc2cc(NC3CCOC4(CCCC4)C3)ccc2s1. The molecule has 0 radical (unpaired) electrons. The van der Waals surface area contributed by atoms with Crippen molar-refractivity contribution in [2.24, 2.45) is 0 Å². The van der Waals surface area contributed by atoms with Crippen molar-refractivity contribution in [2.45, 2.75) is 50.2 Å². The van der Waals surface area contributed by atoms with E-state index in [2.05, 4.69) is 35.0 Å². The summed E-state index contributed by atoms with van der Waals surface area (Å²) >= 11 is 1.81. The zero-order valence-corrected chi connectivity index (χ0v) is 12.5. The van der Waals surface area contributed by atoms with E-state index in [1.54, 1.807) is 0 Å². The van der Waals surface area contributed by atoms with Crippen molar-refractivity contribution in [3.8, 4) is 0 Å². The van der Waals surface area contributed by atoms with Gasteiger partial charge >= 0.3 is 0 Å². The van der Waals surface area contributed by atoms with E-state index in [9.17, 15) is 0 Å². The van der Waals surface area contributed by atoms with Crippen molar-refractivity contribution in [2.75, 3.05) is 11.9 Å². The largest absolute Gasteiger partial charge is 0.382 e. The maximum absolute atomic E-state index is 6.11. The molecule has 0 bridgehead atoms. The van der Waals surface area contributed by atoms with Gasteiger partial charge in [-0.1, -0.05) is 12.8 Å². The number of rotatable bonds is 2. The van der Waals surface area contributed by atoms with Gasteiger partial charge in [-0.15, -0.1) is 11.3 Å². The molecular weight excluding hydrogens is 266 g/mol. The fourth-order valence-corrected chi connectivity index (χ4v) is 4.58. The fourth-order valence-electron chi connectivity index (χ4n) is 3.81.